The zero-order valence-electron chi connectivity index (χ0n) is 21.1. The van der Waals surface area contributed by atoms with Gasteiger partial charge in [-0.3, -0.25) is 0 Å². The smallest absolute Gasteiger partial charge is 0.123 e. The zero-order chi connectivity index (χ0) is 24.3. The summed E-state index contributed by atoms with van der Waals surface area (Å²) in [6, 6.07) is 7.34. The summed E-state index contributed by atoms with van der Waals surface area (Å²) in [5.74, 6) is 0.331. The molecule has 2 unspecified atom stereocenters. The van der Waals surface area contributed by atoms with E-state index in [2.05, 4.69) is 73.8 Å². The molecule has 2 rings (SSSR count). The van der Waals surface area contributed by atoms with Crippen molar-refractivity contribution in [3.05, 3.63) is 60.7 Å². The van der Waals surface area contributed by atoms with Crippen molar-refractivity contribution in [2.75, 3.05) is 13.6 Å². The Morgan fingerprint density at radius 2 is 1.71 bits per heavy atom. The van der Waals surface area contributed by atoms with Crippen LogP contribution in [0.15, 0.2) is 55.1 Å². The number of allylic oxidation sites excluding steroid dienone is 4. The molecule has 1 aromatic rings. The van der Waals surface area contributed by atoms with Crippen LogP contribution in [-0.2, 0) is 0 Å². The molecule has 3 heteroatoms. The van der Waals surface area contributed by atoms with E-state index in [4.69, 9.17) is 5.41 Å². The molecule has 1 aromatic carbocycles. The van der Waals surface area contributed by atoms with E-state index in [0.29, 0.717) is 22.0 Å². The van der Waals surface area contributed by atoms with Crippen LogP contribution >= 0.6 is 0 Å². The minimum atomic E-state index is 0.313. The second-order valence-electron chi connectivity index (χ2n) is 10.2. The lowest BCUT2D eigenvalue weighted by molar-refractivity contribution is 0.0201. The molecular formula is C28H46N2O. The molecule has 31 heavy (non-hydrogen) atoms. The second-order valence-corrected chi connectivity index (χ2v) is 10.2. The molecule has 1 saturated carbocycles. The number of aromatic hydroxyl groups is 1. The third-order valence-corrected chi connectivity index (χ3v) is 6.17. The third-order valence-electron chi connectivity index (χ3n) is 6.17. The second kappa shape index (κ2) is 12.7. The number of nitrogens with one attached hydrogen (secondary N) is 2. The van der Waals surface area contributed by atoms with Crippen molar-refractivity contribution in [2.24, 2.45) is 16.2 Å². The third kappa shape index (κ3) is 8.86. The maximum absolute atomic E-state index is 9.56. The van der Waals surface area contributed by atoms with Crippen LogP contribution in [0.2, 0.25) is 0 Å². The van der Waals surface area contributed by atoms with Crippen LogP contribution in [0.25, 0.3) is 5.57 Å². The van der Waals surface area contributed by atoms with Crippen LogP contribution in [0, 0.1) is 21.7 Å². The number of benzene rings is 1. The van der Waals surface area contributed by atoms with Crippen molar-refractivity contribution >= 4 is 12.3 Å². The first-order valence-corrected chi connectivity index (χ1v) is 11.2. The Morgan fingerprint density at radius 1 is 1.13 bits per heavy atom. The molecular weight excluding hydrogens is 380 g/mol. The highest BCUT2D eigenvalue weighted by molar-refractivity contribution is 5.71. The van der Waals surface area contributed by atoms with E-state index in [1.165, 1.54) is 24.8 Å². The van der Waals surface area contributed by atoms with Crippen LogP contribution in [0.4, 0.5) is 0 Å². The molecule has 3 nitrogen and oxygen atoms in total. The first-order valence-electron chi connectivity index (χ1n) is 11.2. The van der Waals surface area contributed by atoms with Gasteiger partial charge < -0.3 is 15.8 Å². The Hall–Kier alpha value is -2.13. The molecule has 0 radical (unpaired) electrons. The predicted octanol–water partition coefficient (Wildman–Crippen LogP) is 7.64. The molecule has 1 aliphatic rings. The highest BCUT2D eigenvalue weighted by atomic mass is 16.3. The van der Waals surface area contributed by atoms with Crippen molar-refractivity contribution < 1.29 is 5.11 Å². The van der Waals surface area contributed by atoms with Gasteiger partial charge in [0.2, 0.25) is 0 Å². The Labute approximate surface area is 191 Å². The molecule has 0 spiro atoms. The molecule has 0 heterocycles. The minimum absolute atomic E-state index is 0.313. The largest absolute Gasteiger partial charge is 0.507 e. The van der Waals surface area contributed by atoms with E-state index in [0.717, 1.165) is 24.1 Å². The molecule has 2 atom stereocenters. The zero-order valence-corrected chi connectivity index (χ0v) is 21.1. The summed E-state index contributed by atoms with van der Waals surface area (Å²) in [6.45, 7) is 25.4. The summed E-state index contributed by atoms with van der Waals surface area (Å²) in [7, 11) is 2.06. The van der Waals surface area contributed by atoms with Gasteiger partial charge in [0.1, 0.15) is 5.75 Å². The number of phenolic OH excluding ortho intramolecular Hbond substituents is 1. The molecule has 0 aromatic heterocycles. The summed E-state index contributed by atoms with van der Waals surface area (Å²) >= 11 is 0. The Bertz CT molecular complexity index is 749. The molecule has 0 bridgehead atoms. The van der Waals surface area contributed by atoms with Crippen LogP contribution in [0.3, 0.4) is 0 Å². The SMILES string of the molecule is C=C(C)C1(C)CC(C)(C)CC(C)(CNC)C1.C=C/C=C(\CC)c1ccccc1O.C=N. The van der Waals surface area contributed by atoms with Crippen molar-refractivity contribution in [2.45, 2.75) is 67.2 Å². The van der Waals surface area contributed by atoms with Gasteiger partial charge in [-0.1, -0.05) is 83.7 Å². The van der Waals surface area contributed by atoms with Crippen molar-refractivity contribution in [1.82, 2.24) is 5.32 Å². The number of para-hydroxylation sites is 1. The Morgan fingerprint density at radius 3 is 2.16 bits per heavy atom. The van der Waals surface area contributed by atoms with E-state index < -0.39 is 0 Å². The molecule has 0 saturated heterocycles. The molecule has 1 fully saturated rings. The highest BCUT2D eigenvalue weighted by Crippen LogP contribution is 2.56. The van der Waals surface area contributed by atoms with Gasteiger partial charge in [-0.2, -0.15) is 0 Å². The van der Waals surface area contributed by atoms with E-state index >= 15 is 0 Å². The van der Waals surface area contributed by atoms with E-state index in [-0.39, 0.29) is 0 Å². The quantitative estimate of drug-likeness (QED) is 0.249. The average molecular weight is 427 g/mol. The first kappa shape index (κ1) is 28.9. The van der Waals surface area contributed by atoms with Gasteiger partial charge in [0.05, 0.1) is 0 Å². The fraction of sp³-hybridized carbons (Fsp3) is 0.536. The average Bonchev–Trinajstić information content (AvgIpc) is 2.67. The molecule has 174 valence electrons. The predicted molar refractivity (Wildman–Crippen MR) is 139 cm³/mol. The standard InChI is InChI=1S/C15H29N.C12H14O.CH3N/c1-12(2)15(6)9-13(3,4)8-14(5,10-15)11-16-7;1-3-7-10(4-2)11-8-5-6-9-12(11)13;1-2/h16H,1,8-11H2,2-7H3;3,5-9,13H,1,4H2,2H3;2H,1H2/b;10-7+;. The normalized spacial score (nSPS) is 24.7. The maximum Gasteiger partial charge on any atom is 0.123 e. The molecule has 1 aliphatic carbocycles. The van der Waals surface area contributed by atoms with Gasteiger partial charge in [-0.25, -0.2) is 0 Å². The number of phenols is 1. The van der Waals surface area contributed by atoms with Crippen molar-refractivity contribution in [1.29, 1.82) is 5.41 Å². The number of rotatable bonds is 6. The lowest BCUT2D eigenvalue weighted by Gasteiger charge is -2.52. The van der Waals surface area contributed by atoms with Crippen LogP contribution in [-0.4, -0.2) is 25.4 Å². The Balaban J connectivity index is 0.000000547. The number of hydrogen-bond acceptors (Lipinski definition) is 3. The van der Waals surface area contributed by atoms with Gasteiger partial charge in [0.25, 0.3) is 0 Å². The minimum Gasteiger partial charge on any atom is -0.507 e. The Kier molecular flexibility index (Phi) is 11.8. The molecule has 0 aliphatic heterocycles. The highest BCUT2D eigenvalue weighted by Gasteiger charge is 2.46. The summed E-state index contributed by atoms with van der Waals surface area (Å²) in [5, 5.41) is 18.4. The monoisotopic (exact) mass is 426 g/mol. The summed E-state index contributed by atoms with van der Waals surface area (Å²) < 4.78 is 0. The van der Waals surface area contributed by atoms with Crippen LogP contribution in [0.1, 0.15) is 72.8 Å². The van der Waals surface area contributed by atoms with E-state index in [1.807, 2.05) is 24.3 Å². The number of hydrogen-bond donors (Lipinski definition) is 3. The van der Waals surface area contributed by atoms with Crippen molar-refractivity contribution in [3.63, 3.8) is 0 Å². The topological polar surface area (TPSA) is 56.1 Å². The fourth-order valence-corrected chi connectivity index (χ4v) is 5.48. The van der Waals surface area contributed by atoms with Crippen LogP contribution < -0.4 is 5.32 Å². The lowest BCUT2D eigenvalue weighted by Crippen LogP contribution is -2.45. The lowest BCUT2D eigenvalue weighted by atomic mass is 9.53. The van der Waals surface area contributed by atoms with Gasteiger partial charge in [-0.05, 0) is 74.3 Å². The fourth-order valence-electron chi connectivity index (χ4n) is 5.48. The van der Waals surface area contributed by atoms with Crippen LogP contribution in [0.5, 0.6) is 5.75 Å². The van der Waals surface area contributed by atoms with Gasteiger partial charge in [0, 0.05) is 12.1 Å². The van der Waals surface area contributed by atoms with E-state index in [9.17, 15) is 5.11 Å². The van der Waals surface area contributed by atoms with Gasteiger partial charge >= 0.3 is 0 Å². The van der Waals surface area contributed by atoms with E-state index in [1.54, 1.807) is 12.1 Å². The molecule has 0 amide bonds. The first-order chi connectivity index (χ1) is 14.4. The van der Waals surface area contributed by atoms with Crippen molar-refractivity contribution in [3.8, 4) is 5.75 Å². The summed E-state index contributed by atoms with van der Waals surface area (Å²) in [4.78, 5) is 0. The molecule has 3 N–H and O–H groups in total. The maximum atomic E-state index is 9.56. The van der Waals surface area contributed by atoms with Gasteiger partial charge in [-0.15, -0.1) is 0 Å². The summed E-state index contributed by atoms with van der Waals surface area (Å²) in [6.07, 6.45) is 8.40. The summed E-state index contributed by atoms with van der Waals surface area (Å²) in [5.41, 5.74) is 4.50. The van der Waals surface area contributed by atoms with Gasteiger partial charge in [0.15, 0.2) is 0 Å².